The van der Waals surface area contributed by atoms with Crippen LogP contribution in [0.3, 0.4) is 0 Å². The number of rotatable bonds is 13. The Morgan fingerprint density at radius 1 is 1.24 bits per heavy atom. The van der Waals surface area contributed by atoms with Crippen molar-refractivity contribution in [1.82, 2.24) is 4.90 Å². The fourth-order valence-corrected chi connectivity index (χ4v) is 7.44. The number of ether oxygens (including phenoxy) is 4. The zero-order valence-corrected chi connectivity index (χ0v) is 27.8. The first kappa shape index (κ1) is 34.7. The first-order valence-electron chi connectivity index (χ1n) is 15.4. The average molecular weight is 594 g/mol. The number of carbonyl (C=O) groups is 2. The molecule has 2 aliphatic heterocycles. The van der Waals surface area contributed by atoms with E-state index in [4.69, 9.17) is 18.9 Å². The van der Waals surface area contributed by atoms with Crippen LogP contribution in [0.4, 0.5) is 0 Å². The molecule has 2 heterocycles. The summed E-state index contributed by atoms with van der Waals surface area (Å²) in [5, 5.41) is 20.7. The Labute approximate surface area is 252 Å². The van der Waals surface area contributed by atoms with Crippen molar-refractivity contribution in [2.75, 3.05) is 21.2 Å². The topological polar surface area (TPSA) is 115 Å². The number of cyclic esters (lactones) is 1. The average Bonchev–Trinajstić information content (AvgIpc) is 3.60. The van der Waals surface area contributed by atoms with E-state index in [1.807, 2.05) is 13.8 Å². The molecule has 11 atom stereocenters. The number of ketones is 1. The van der Waals surface area contributed by atoms with Gasteiger partial charge in [-0.15, -0.1) is 0 Å². The number of nitrogens with zero attached hydrogens (tertiary/aromatic N) is 1. The Balaban J connectivity index is 2.01. The standard InChI is InChI=1S/C33H55NO8/c1-13-24(36)32(8,38)15-14-23(35)18(2)17-33(9,39-12)27(20(4)28-21(5)30(37)42-31(6,7)41-28)26-25-22(34(10)11)16-19(3)40-29(25)26/h14-15,18-20,22,24-27,29,36,38H,13,16-17H2,1-12H3/b15-14+/t18-,19-,20?,22?,24-,25+,26+,27?,29-,32+,33-/m1/s1. The fraction of sp³-hybridized carbons (Fsp3) is 0.818. The number of carbonyl (C=O) groups excluding carboxylic acids is 2. The minimum atomic E-state index is -1.51. The highest BCUT2D eigenvalue weighted by Crippen LogP contribution is 2.60. The van der Waals surface area contributed by atoms with E-state index in [-0.39, 0.29) is 41.7 Å². The van der Waals surface area contributed by atoms with E-state index in [9.17, 15) is 19.8 Å². The van der Waals surface area contributed by atoms with Crippen LogP contribution in [0.1, 0.15) is 81.6 Å². The number of aliphatic hydroxyl groups is 2. The summed E-state index contributed by atoms with van der Waals surface area (Å²) >= 11 is 0. The van der Waals surface area contributed by atoms with E-state index in [2.05, 4.69) is 32.8 Å². The lowest BCUT2D eigenvalue weighted by Gasteiger charge is -2.44. The number of allylic oxidation sites excluding steroid dienone is 2. The number of aliphatic hydroxyl groups excluding tert-OH is 1. The van der Waals surface area contributed by atoms with Crippen LogP contribution in [0.2, 0.25) is 0 Å². The maximum atomic E-state index is 13.3. The van der Waals surface area contributed by atoms with Crippen LogP contribution in [-0.2, 0) is 28.5 Å². The number of hydrogen-bond acceptors (Lipinski definition) is 9. The molecule has 3 rings (SSSR count). The monoisotopic (exact) mass is 593 g/mol. The highest BCUT2D eigenvalue weighted by molar-refractivity contribution is 5.91. The molecule has 0 aromatic rings. The van der Waals surface area contributed by atoms with E-state index >= 15 is 0 Å². The van der Waals surface area contributed by atoms with Crippen LogP contribution < -0.4 is 0 Å². The molecule has 0 aromatic heterocycles. The first-order chi connectivity index (χ1) is 19.3. The summed E-state index contributed by atoms with van der Waals surface area (Å²) in [6.45, 7) is 16.6. The number of hydrogen-bond donors (Lipinski definition) is 2. The van der Waals surface area contributed by atoms with Crippen molar-refractivity contribution in [3.63, 3.8) is 0 Å². The summed E-state index contributed by atoms with van der Waals surface area (Å²) in [6, 6.07) is 0.331. The maximum absolute atomic E-state index is 13.3. The maximum Gasteiger partial charge on any atom is 0.340 e. The molecule has 9 nitrogen and oxygen atoms in total. The Morgan fingerprint density at radius 3 is 2.40 bits per heavy atom. The van der Waals surface area contributed by atoms with Crippen molar-refractivity contribution in [2.24, 2.45) is 29.6 Å². The molecule has 2 fully saturated rings. The normalized spacial score (nSPS) is 33.1. The molecule has 240 valence electrons. The summed E-state index contributed by atoms with van der Waals surface area (Å²) in [5.74, 6) is -1.51. The van der Waals surface area contributed by atoms with Crippen molar-refractivity contribution in [2.45, 2.75) is 123 Å². The largest absolute Gasteiger partial charge is 0.456 e. The molecule has 42 heavy (non-hydrogen) atoms. The smallest absolute Gasteiger partial charge is 0.340 e. The Kier molecular flexibility index (Phi) is 10.5. The van der Waals surface area contributed by atoms with Crippen molar-refractivity contribution in [3.8, 4) is 0 Å². The molecule has 1 aliphatic carbocycles. The van der Waals surface area contributed by atoms with Gasteiger partial charge in [0.15, 0.2) is 5.78 Å². The van der Waals surface area contributed by atoms with E-state index in [1.54, 1.807) is 34.8 Å². The molecule has 3 unspecified atom stereocenters. The number of esters is 1. The predicted octanol–water partition coefficient (Wildman–Crippen LogP) is 4.25. The van der Waals surface area contributed by atoms with Gasteiger partial charge in [-0.25, -0.2) is 4.79 Å². The SMILES string of the molecule is CC[C@@H](O)[C@@](C)(O)/C=C/C(=O)[C@H](C)C[C@@](C)(OC)C(C(C)C1=C(C)C(=O)OC(C)(C)O1)[C@H]1[C@@H]2O[C@H](C)CC(N(C)C)[C@H]21. The van der Waals surface area contributed by atoms with Gasteiger partial charge in [0.1, 0.15) is 11.4 Å². The summed E-state index contributed by atoms with van der Waals surface area (Å²) in [6.07, 6.45) is 3.62. The van der Waals surface area contributed by atoms with Gasteiger partial charge in [-0.1, -0.05) is 20.8 Å². The second-order valence-electron chi connectivity index (χ2n) is 14.0. The van der Waals surface area contributed by atoms with Gasteiger partial charge in [-0.2, -0.15) is 0 Å². The van der Waals surface area contributed by atoms with Gasteiger partial charge in [-0.05, 0) is 79.1 Å². The number of fused-ring (bicyclic) bond motifs is 1. The Bertz CT molecular complexity index is 1060. The predicted molar refractivity (Wildman–Crippen MR) is 160 cm³/mol. The van der Waals surface area contributed by atoms with E-state index in [0.717, 1.165) is 6.42 Å². The molecule has 0 amide bonds. The molecule has 9 heteroatoms. The molecule has 0 radical (unpaired) electrons. The lowest BCUT2D eigenvalue weighted by Crippen LogP contribution is -2.47. The molecule has 3 aliphatic rings. The summed E-state index contributed by atoms with van der Waals surface area (Å²) in [4.78, 5) is 28.5. The molecular formula is C33H55NO8. The molecule has 0 aromatic carbocycles. The third-order valence-electron chi connectivity index (χ3n) is 9.88. The second kappa shape index (κ2) is 12.7. The van der Waals surface area contributed by atoms with Crippen molar-refractivity contribution in [3.05, 3.63) is 23.5 Å². The molecule has 0 bridgehead atoms. The van der Waals surface area contributed by atoms with Crippen LogP contribution in [0.25, 0.3) is 0 Å². The summed E-state index contributed by atoms with van der Waals surface area (Å²) < 4.78 is 24.7. The van der Waals surface area contributed by atoms with Crippen molar-refractivity contribution in [1.29, 1.82) is 0 Å². The van der Waals surface area contributed by atoms with Crippen LogP contribution in [-0.4, -0.2) is 89.4 Å². The summed E-state index contributed by atoms with van der Waals surface area (Å²) in [5.41, 5.74) is -1.85. The minimum absolute atomic E-state index is 0.0315. The quantitative estimate of drug-likeness (QED) is 0.239. The van der Waals surface area contributed by atoms with Crippen LogP contribution in [0, 0.1) is 29.6 Å². The van der Waals surface area contributed by atoms with E-state index < -0.39 is 35.0 Å². The van der Waals surface area contributed by atoms with Gasteiger partial charge < -0.3 is 34.1 Å². The molecule has 1 saturated heterocycles. The fourth-order valence-electron chi connectivity index (χ4n) is 7.44. The second-order valence-corrected chi connectivity index (χ2v) is 14.0. The highest BCUT2D eigenvalue weighted by atomic mass is 16.7. The van der Waals surface area contributed by atoms with Crippen molar-refractivity contribution >= 4 is 11.8 Å². The van der Waals surface area contributed by atoms with Gasteiger partial charge in [-0.3, -0.25) is 4.79 Å². The lowest BCUT2D eigenvalue weighted by molar-refractivity contribution is -0.214. The number of methoxy groups -OCH3 is 1. The van der Waals surface area contributed by atoms with Gasteiger partial charge in [0.05, 0.1) is 29.5 Å². The van der Waals surface area contributed by atoms with Crippen LogP contribution in [0.5, 0.6) is 0 Å². The Morgan fingerprint density at radius 2 is 1.86 bits per heavy atom. The summed E-state index contributed by atoms with van der Waals surface area (Å²) in [7, 11) is 5.89. The van der Waals surface area contributed by atoms with E-state index in [0.29, 0.717) is 30.2 Å². The van der Waals surface area contributed by atoms with Gasteiger partial charge >= 0.3 is 5.97 Å². The third-order valence-corrected chi connectivity index (χ3v) is 9.88. The zero-order chi connectivity index (χ0) is 31.9. The van der Waals surface area contributed by atoms with Crippen molar-refractivity contribution < 1.29 is 38.7 Å². The third kappa shape index (κ3) is 7.12. The first-order valence-corrected chi connectivity index (χ1v) is 15.4. The lowest BCUT2D eigenvalue weighted by atomic mass is 9.70. The molecule has 2 N–H and O–H groups in total. The van der Waals surface area contributed by atoms with Gasteiger partial charge in [0.25, 0.3) is 0 Å². The Hall–Kier alpha value is -1.78. The molecule has 0 spiro atoms. The van der Waals surface area contributed by atoms with Crippen LogP contribution >= 0.6 is 0 Å². The molecule has 1 saturated carbocycles. The minimum Gasteiger partial charge on any atom is -0.456 e. The van der Waals surface area contributed by atoms with Gasteiger partial charge in [0, 0.05) is 50.7 Å². The van der Waals surface area contributed by atoms with Gasteiger partial charge in [0.2, 0.25) is 5.79 Å². The molecular weight excluding hydrogens is 538 g/mol. The zero-order valence-electron chi connectivity index (χ0n) is 27.8. The van der Waals surface area contributed by atoms with E-state index in [1.165, 1.54) is 19.1 Å². The highest BCUT2D eigenvalue weighted by Gasteiger charge is 2.66. The van der Waals surface area contributed by atoms with Crippen LogP contribution in [0.15, 0.2) is 23.5 Å².